The number of rotatable bonds is 5. The normalized spacial score (nSPS) is 21.1. The smallest absolute Gasteiger partial charge is 0.246 e. The largest absolute Gasteiger partial charge is 0.337 e. The minimum atomic E-state index is 0.0960. The summed E-state index contributed by atoms with van der Waals surface area (Å²) in [6.07, 6.45) is 4.75. The molecule has 0 radical (unpaired) electrons. The van der Waals surface area contributed by atoms with E-state index in [9.17, 15) is 4.79 Å². The molecular weight excluding hydrogens is 316 g/mol. The Labute approximate surface area is 147 Å². The van der Waals surface area contributed by atoms with Crippen LogP contribution in [0.1, 0.15) is 25.7 Å². The van der Waals surface area contributed by atoms with Gasteiger partial charge in [0.25, 0.3) is 0 Å². The van der Waals surface area contributed by atoms with E-state index in [4.69, 9.17) is 0 Å². The number of carbonyl (C=O) groups excluding carboxylic acids is 1. The van der Waals surface area contributed by atoms with Crippen LogP contribution in [-0.2, 0) is 11.3 Å². The third-order valence-corrected chi connectivity index (χ3v) is 5.13. The Morgan fingerprint density at radius 3 is 2.68 bits per heavy atom. The van der Waals surface area contributed by atoms with Gasteiger partial charge in [0.2, 0.25) is 11.7 Å². The zero-order valence-electron chi connectivity index (χ0n) is 14.4. The number of tetrazole rings is 1. The van der Waals surface area contributed by atoms with Crippen molar-refractivity contribution in [2.45, 2.75) is 38.3 Å². The van der Waals surface area contributed by atoms with Crippen LogP contribution in [-0.4, -0.2) is 68.1 Å². The molecule has 2 saturated heterocycles. The Kier molecular flexibility index (Phi) is 4.74. The summed E-state index contributed by atoms with van der Waals surface area (Å²) in [6.45, 7) is 4.35. The zero-order valence-corrected chi connectivity index (χ0v) is 14.4. The Morgan fingerprint density at radius 2 is 1.88 bits per heavy atom. The molecule has 0 aliphatic carbocycles. The van der Waals surface area contributed by atoms with Gasteiger partial charge in [-0.05, 0) is 44.0 Å². The van der Waals surface area contributed by atoms with E-state index >= 15 is 0 Å². The van der Waals surface area contributed by atoms with Crippen molar-refractivity contribution in [3.8, 4) is 11.4 Å². The monoisotopic (exact) mass is 340 g/mol. The van der Waals surface area contributed by atoms with Crippen molar-refractivity contribution >= 4 is 5.91 Å². The van der Waals surface area contributed by atoms with Crippen LogP contribution >= 0.6 is 0 Å². The average Bonchev–Trinajstić information content (AvgIpc) is 3.38. The maximum atomic E-state index is 12.7. The highest BCUT2D eigenvalue weighted by atomic mass is 16.2. The van der Waals surface area contributed by atoms with E-state index in [0.29, 0.717) is 11.9 Å². The second-order valence-corrected chi connectivity index (χ2v) is 6.90. The van der Waals surface area contributed by atoms with E-state index in [-0.39, 0.29) is 12.5 Å². The van der Waals surface area contributed by atoms with Gasteiger partial charge in [-0.1, -0.05) is 30.3 Å². The first-order chi connectivity index (χ1) is 12.3. The molecule has 1 unspecified atom stereocenters. The van der Waals surface area contributed by atoms with Gasteiger partial charge in [0.15, 0.2) is 0 Å². The van der Waals surface area contributed by atoms with E-state index < -0.39 is 0 Å². The molecule has 0 bridgehead atoms. The fourth-order valence-electron chi connectivity index (χ4n) is 3.84. The van der Waals surface area contributed by atoms with Crippen molar-refractivity contribution < 1.29 is 4.79 Å². The number of benzene rings is 1. The standard InChI is InChI=1S/C18H24N6O/c25-17(23-12-6-9-16(23)13-22-10-4-5-11-22)14-24-20-18(19-21-24)15-7-2-1-3-8-15/h1-3,7-8,16H,4-6,9-14H2. The summed E-state index contributed by atoms with van der Waals surface area (Å²) in [4.78, 5) is 18.6. The van der Waals surface area contributed by atoms with Crippen LogP contribution in [0.2, 0.25) is 0 Å². The SMILES string of the molecule is O=C(Cn1nnc(-c2ccccc2)n1)N1CCCC1CN1CCCC1. The van der Waals surface area contributed by atoms with Crippen molar-refractivity contribution in [2.24, 2.45) is 0 Å². The number of nitrogens with zero attached hydrogens (tertiary/aromatic N) is 6. The van der Waals surface area contributed by atoms with E-state index in [1.54, 1.807) is 0 Å². The summed E-state index contributed by atoms with van der Waals surface area (Å²) in [6, 6.07) is 10.0. The highest BCUT2D eigenvalue weighted by molar-refractivity contribution is 5.76. The summed E-state index contributed by atoms with van der Waals surface area (Å²) >= 11 is 0. The molecule has 2 fully saturated rings. The van der Waals surface area contributed by atoms with E-state index in [1.165, 1.54) is 30.7 Å². The predicted molar refractivity (Wildman–Crippen MR) is 93.7 cm³/mol. The number of amides is 1. The number of likely N-dealkylation sites (tertiary alicyclic amines) is 2. The van der Waals surface area contributed by atoms with Crippen LogP contribution in [0.25, 0.3) is 11.4 Å². The van der Waals surface area contributed by atoms with E-state index in [1.807, 2.05) is 35.2 Å². The van der Waals surface area contributed by atoms with Gasteiger partial charge in [-0.15, -0.1) is 10.2 Å². The summed E-state index contributed by atoms with van der Waals surface area (Å²) in [5, 5.41) is 12.5. The average molecular weight is 340 g/mol. The molecule has 2 aromatic rings. The maximum Gasteiger partial charge on any atom is 0.246 e. The molecule has 2 aliphatic heterocycles. The molecule has 1 aromatic heterocycles. The van der Waals surface area contributed by atoms with Gasteiger partial charge in [0, 0.05) is 24.7 Å². The highest BCUT2D eigenvalue weighted by Gasteiger charge is 2.31. The van der Waals surface area contributed by atoms with Gasteiger partial charge in [0.05, 0.1) is 0 Å². The first-order valence-corrected chi connectivity index (χ1v) is 9.15. The Bertz CT molecular complexity index is 709. The summed E-state index contributed by atoms with van der Waals surface area (Å²) in [7, 11) is 0. The van der Waals surface area contributed by atoms with Gasteiger partial charge < -0.3 is 9.80 Å². The molecule has 0 saturated carbocycles. The van der Waals surface area contributed by atoms with Crippen LogP contribution in [0.5, 0.6) is 0 Å². The van der Waals surface area contributed by atoms with Crippen LogP contribution < -0.4 is 0 Å². The molecule has 4 rings (SSSR count). The Morgan fingerprint density at radius 1 is 1.08 bits per heavy atom. The number of carbonyl (C=O) groups is 1. The topological polar surface area (TPSA) is 67.2 Å². The van der Waals surface area contributed by atoms with Crippen LogP contribution in [0.15, 0.2) is 30.3 Å². The number of hydrogen-bond donors (Lipinski definition) is 0. The van der Waals surface area contributed by atoms with Crippen molar-refractivity contribution in [3.05, 3.63) is 30.3 Å². The molecule has 0 N–H and O–H groups in total. The molecule has 2 aliphatic rings. The molecular formula is C18H24N6O. The van der Waals surface area contributed by atoms with Crippen LogP contribution in [0, 0.1) is 0 Å². The van der Waals surface area contributed by atoms with Gasteiger partial charge in [-0.25, -0.2) is 0 Å². The molecule has 1 aromatic carbocycles. The van der Waals surface area contributed by atoms with Crippen molar-refractivity contribution in [1.82, 2.24) is 30.0 Å². The third-order valence-electron chi connectivity index (χ3n) is 5.13. The Balaban J connectivity index is 1.38. The molecule has 7 heteroatoms. The fourth-order valence-corrected chi connectivity index (χ4v) is 3.84. The number of hydrogen-bond acceptors (Lipinski definition) is 5. The third kappa shape index (κ3) is 3.71. The molecule has 7 nitrogen and oxygen atoms in total. The number of aromatic nitrogens is 4. The van der Waals surface area contributed by atoms with Crippen LogP contribution in [0.3, 0.4) is 0 Å². The zero-order chi connectivity index (χ0) is 17.1. The maximum absolute atomic E-state index is 12.7. The van der Waals surface area contributed by atoms with Crippen molar-refractivity contribution in [2.75, 3.05) is 26.2 Å². The van der Waals surface area contributed by atoms with E-state index in [0.717, 1.165) is 31.5 Å². The van der Waals surface area contributed by atoms with Gasteiger partial charge >= 0.3 is 0 Å². The molecule has 25 heavy (non-hydrogen) atoms. The molecule has 132 valence electrons. The Hall–Kier alpha value is -2.28. The molecule has 0 spiro atoms. The lowest BCUT2D eigenvalue weighted by molar-refractivity contribution is -0.133. The highest BCUT2D eigenvalue weighted by Crippen LogP contribution is 2.21. The van der Waals surface area contributed by atoms with Gasteiger partial charge in [-0.3, -0.25) is 4.79 Å². The minimum Gasteiger partial charge on any atom is -0.337 e. The fraction of sp³-hybridized carbons (Fsp3) is 0.556. The summed E-state index contributed by atoms with van der Waals surface area (Å²) < 4.78 is 0. The summed E-state index contributed by atoms with van der Waals surface area (Å²) in [5.41, 5.74) is 0.911. The van der Waals surface area contributed by atoms with E-state index in [2.05, 4.69) is 20.3 Å². The van der Waals surface area contributed by atoms with Crippen LogP contribution in [0.4, 0.5) is 0 Å². The first-order valence-electron chi connectivity index (χ1n) is 9.15. The predicted octanol–water partition coefficient (Wildman–Crippen LogP) is 1.43. The second kappa shape index (κ2) is 7.31. The first kappa shape index (κ1) is 16.2. The van der Waals surface area contributed by atoms with Crippen molar-refractivity contribution in [3.63, 3.8) is 0 Å². The van der Waals surface area contributed by atoms with Crippen molar-refractivity contribution in [1.29, 1.82) is 0 Å². The quantitative estimate of drug-likeness (QED) is 0.824. The summed E-state index contributed by atoms with van der Waals surface area (Å²) in [5.74, 6) is 0.655. The lowest BCUT2D eigenvalue weighted by Gasteiger charge is -2.28. The molecule has 3 heterocycles. The molecule has 1 atom stereocenters. The second-order valence-electron chi connectivity index (χ2n) is 6.90. The van der Waals surface area contributed by atoms with Gasteiger partial charge in [0.1, 0.15) is 6.54 Å². The lowest BCUT2D eigenvalue weighted by atomic mass is 10.2. The lowest BCUT2D eigenvalue weighted by Crippen LogP contribution is -2.44. The minimum absolute atomic E-state index is 0.0960. The molecule has 1 amide bonds. The van der Waals surface area contributed by atoms with Gasteiger partial charge in [-0.2, -0.15) is 4.80 Å².